The Morgan fingerprint density at radius 3 is 2.41 bits per heavy atom. The Bertz CT molecular complexity index is 1130. The van der Waals surface area contributed by atoms with Gasteiger partial charge in [0.15, 0.2) is 0 Å². The molecule has 0 aromatic heterocycles. The molecular weight excluding hydrogens is 328 g/mol. The molecule has 4 aromatic carbocycles. The predicted molar refractivity (Wildman–Crippen MR) is 113 cm³/mol. The molecule has 0 saturated heterocycles. The van der Waals surface area contributed by atoms with Gasteiger partial charge >= 0.3 is 0 Å². The minimum Gasteiger partial charge on any atom is -0.493 e. The third-order valence-corrected chi connectivity index (χ3v) is 5.28. The van der Waals surface area contributed by atoms with Crippen molar-refractivity contribution in [2.45, 2.75) is 13.3 Å². The van der Waals surface area contributed by atoms with Gasteiger partial charge < -0.3 is 4.74 Å². The molecule has 0 amide bonds. The van der Waals surface area contributed by atoms with E-state index in [0.717, 1.165) is 18.8 Å². The molecule has 27 heavy (non-hydrogen) atoms. The van der Waals surface area contributed by atoms with Gasteiger partial charge in [0.1, 0.15) is 5.75 Å². The van der Waals surface area contributed by atoms with E-state index in [1.54, 1.807) is 0 Å². The first-order valence-electron chi connectivity index (χ1n) is 9.59. The lowest BCUT2D eigenvalue weighted by Crippen LogP contribution is -1.99. The van der Waals surface area contributed by atoms with Crippen molar-refractivity contribution in [1.29, 1.82) is 0 Å². The number of ether oxygens (including phenoxy) is 1. The standard InChI is InChI=1S/C26H21O/c1-2-16-27-25-15-14-22-21-12-6-4-9-19(21)17-24(22)26(25)23-13-7-10-18-8-3-5-11-20(18)23/h3-15,17H,2,16H2,1H3. The Morgan fingerprint density at radius 1 is 0.704 bits per heavy atom. The maximum Gasteiger partial charge on any atom is 0.127 e. The number of rotatable bonds is 4. The van der Waals surface area contributed by atoms with Crippen molar-refractivity contribution in [1.82, 2.24) is 0 Å². The van der Waals surface area contributed by atoms with Gasteiger partial charge in [0.2, 0.25) is 0 Å². The molecule has 1 heteroatoms. The fraction of sp³-hybridized carbons (Fsp3) is 0.115. The van der Waals surface area contributed by atoms with Crippen LogP contribution in [0.15, 0.2) is 78.9 Å². The van der Waals surface area contributed by atoms with Crippen molar-refractivity contribution in [3.8, 4) is 28.0 Å². The Morgan fingerprint density at radius 2 is 1.48 bits per heavy atom. The first kappa shape index (κ1) is 16.1. The van der Waals surface area contributed by atoms with E-state index in [2.05, 4.69) is 92.2 Å². The third kappa shape index (κ3) is 2.62. The molecule has 0 heterocycles. The average molecular weight is 349 g/mol. The average Bonchev–Trinajstić information content (AvgIpc) is 3.10. The summed E-state index contributed by atoms with van der Waals surface area (Å²) in [6.45, 7) is 2.87. The molecule has 0 N–H and O–H groups in total. The molecule has 0 saturated carbocycles. The van der Waals surface area contributed by atoms with Crippen LogP contribution < -0.4 is 4.74 Å². The molecule has 4 aromatic rings. The summed E-state index contributed by atoms with van der Waals surface area (Å²) in [5.74, 6) is 0.969. The van der Waals surface area contributed by atoms with Crippen LogP contribution in [0.4, 0.5) is 0 Å². The summed E-state index contributed by atoms with van der Waals surface area (Å²) >= 11 is 0. The number of hydrogen-bond acceptors (Lipinski definition) is 1. The van der Waals surface area contributed by atoms with E-state index in [9.17, 15) is 0 Å². The lowest BCUT2D eigenvalue weighted by molar-refractivity contribution is 0.318. The Kier molecular flexibility index (Phi) is 3.94. The number of fused-ring (bicyclic) bond motifs is 4. The van der Waals surface area contributed by atoms with Crippen molar-refractivity contribution < 1.29 is 4.74 Å². The molecule has 1 aliphatic rings. The van der Waals surface area contributed by atoms with E-state index in [1.165, 1.54) is 44.2 Å². The van der Waals surface area contributed by atoms with E-state index < -0.39 is 0 Å². The van der Waals surface area contributed by atoms with E-state index in [4.69, 9.17) is 4.74 Å². The van der Waals surface area contributed by atoms with Crippen LogP contribution >= 0.6 is 0 Å². The summed E-state index contributed by atoms with van der Waals surface area (Å²) in [5, 5.41) is 2.52. The van der Waals surface area contributed by atoms with Crippen molar-refractivity contribution in [2.24, 2.45) is 0 Å². The van der Waals surface area contributed by atoms with Crippen molar-refractivity contribution in [3.63, 3.8) is 0 Å². The highest BCUT2D eigenvalue weighted by atomic mass is 16.5. The minimum atomic E-state index is 0.726. The normalized spacial score (nSPS) is 12.0. The molecule has 0 bridgehead atoms. The second-order valence-corrected chi connectivity index (χ2v) is 7.01. The Balaban J connectivity index is 1.80. The zero-order valence-corrected chi connectivity index (χ0v) is 15.4. The molecule has 0 spiro atoms. The number of benzene rings is 4. The van der Waals surface area contributed by atoms with Gasteiger partial charge in [-0.25, -0.2) is 0 Å². The molecule has 131 valence electrons. The van der Waals surface area contributed by atoms with Gasteiger partial charge in [-0.15, -0.1) is 0 Å². The van der Waals surface area contributed by atoms with Gasteiger partial charge in [-0.05, 0) is 51.1 Å². The summed E-state index contributed by atoms with van der Waals surface area (Å²) in [7, 11) is 0. The van der Waals surface area contributed by atoms with Gasteiger partial charge in [0.05, 0.1) is 6.61 Å². The van der Waals surface area contributed by atoms with Crippen LogP contribution in [-0.2, 0) is 0 Å². The predicted octanol–water partition coefficient (Wildman–Crippen LogP) is 6.88. The topological polar surface area (TPSA) is 9.23 Å². The minimum absolute atomic E-state index is 0.726. The zero-order valence-electron chi connectivity index (χ0n) is 15.4. The molecule has 1 aliphatic carbocycles. The molecule has 0 unspecified atom stereocenters. The van der Waals surface area contributed by atoms with Crippen LogP contribution in [0.3, 0.4) is 0 Å². The molecule has 5 rings (SSSR count). The summed E-state index contributed by atoms with van der Waals surface area (Å²) in [5.41, 5.74) is 7.57. The van der Waals surface area contributed by atoms with Crippen LogP contribution in [0.5, 0.6) is 5.75 Å². The van der Waals surface area contributed by atoms with Gasteiger partial charge in [-0.3, -0.25) is 0 Å². The maximum atomic E-state index is 6.19. The van der Waals surface area contributed by atoms with Gasteiger partial charge in [-0.2, -0.15) is 0 Å². The first-order chi connectivity index (χ1) is 13.4. The molecule has 0 fully saturated rings. The Hall–Kier alpha value is -3.06. The molecular formula is C26H21O. The van der Waals surface area contributed by atoms with Crippen molar-refractivity contribution >= 4 is 10.8 Å². The second-order valence-electron chi connectivity index (χ2n) is 7.01. The smallest absolute Gasteiger partial charge is 0.127 e. The fourth-order valence-electron chi connectivity index (χ4n) is 4.06. The SMILES string of the molecule is CCCOc1ccc2c(c1-c1cccc3ccccc13)[CH]c1ccccc1-2. The van der Waals surface area contributed by atoms with Crippen LogP contribution in [0, 0.1) is 6.42 Å². The maximum absolute atomic E-state index is 6.19. The zero-order chi connectivity index (χ0) is 18.2. The van der Waals surface area contributed by atoms with E-state index in [0.29, 0.717) is 0 Å². The Labute approximate surface area is 160 Å². The van der Waals surface area contributed by atoms with E-state index in [-0.39, 0.29) is 0 Å². The summed E-state index contributed by atoms with van der Waals surface area (Å²) < 4.78 is 6.19. The number of hydrogen-bond donors (Lipinski definition) is 0. The van der Waals surface area contributed by atoms with Crippen LogP contribution in [0.25, 0.3) is 33.0 Å². The highest BCUT2D eigenvalue weighted by molar-refractivity contribution is 6.02. The van der Waals surface area contributed by atoms with E-state index >= 15 is 0 Å². The van der Waals surface area contributed by atoms with Crippen molar-refractivity contribution in [2.75, 3.05) is 6.61 Å². The van der Waals surface area contributed by atoms with E-state index in [1.807, 2.05) is 0 Å². The molecule has 0 atom stereocenters. The van der Waals surface area contributed by atoms with Crippen molar-refractivity contribution in [3.05, 3.63) is 96.4 Å². The first-order valence-corrected chi connectivity index (χ1v) is 9.59. The lowest BCUT2D eigenvalue weighted by Gasteiger charge is -2.17. The highest BCUT2D eigenvalue weighted by Gasteiger charge is 2.25. The molecule has 1 radical (unpaired) electrons. The summed E-state index contributed by atoms with van der Waals surface area (Å²) in [6.07, 6.45) is 3.30. The van der Waals surface area contributed by atoms with Crippen LogP contribution in [0.2, 0.25) is 0 Å². The molecule has 0 aliphatic heterocycles. The quantitative estimate of drug-likeness (QED) is 0.344. The monoisotopic (exact) mass is 349 g/mol. The van der Waals surface area contributed by atoms with Gasteiger partial charge in [0, 0.05) is 12.0 Å². The molecule has 1 nitrogen and oxygen atoms in total. The summed E-state index contributed by atoms with van der Waals surface area (Å²) in [6, 6.07) is 28.1. The largest absolute Gasteiger partial charge is 0.493 e. The second kappa shape index (κ2) is 6.59. The summed E-state index contributed by atoms with van der Waals surface area (Å²) in [4.78, 5) is 0. The lowest BCUT2D eigenvalue weighted by atomic mass is 9.91. The highest BCUT2D eigenvalue weighted by Crippen LogP contribution is 2.48. The third-order valence-electron chi connectivity index (χ3n) is 5.28. The van der Waals surface area contributed by atoms with Gasteiger partial charge in [-0.1, -0.05) is 79.7 Å². The van der Waals surface area contributed by atoms with Gasteiger partial charge in [0.25, 0.3) is 0 Å². The van der Waals surface area contributed by atoms with Crippen LogP contribution in [-0.4, -0.2) is 6.61 Å². The van der Waals surface area contributed by atoms with Crippen LogP contribution in [0.1, 0.15) is 24.5 Å². The fourth-order valence-corrected chi connectivity index (χ4v) is 4.06.